The zero-order valence-corrected chi connectivity index (χ0v) is 14.6. The normalized spacial score (nSPS) is 10.8. The van der Waals surface area contributed by atoms with Gasteiger partial charge in [0, 0.05) is 14.6 Å². The molecule has 0 unspecified atom stereocenters. The summed E-state index contributed by atoms with van der Waals surface area (Å²) >= 11 is 3.73. The van der Waals surface area contributed by atoms with Crippen LogP contribution in [0.15, 0.2) is 47.8 Å². The third kappa shape index (κ3) is 3.26. The number of aryl methyl sites for hydroxylation is 1. The molecule has 0 aliphatic rings. The molecule has 1 nitrogen and oxygen atoms in total. The summed E-state index contributed by atoms with van der Waals surface area (Å²) in [6.07, 6.45) is 3.70. The number of ether oxygens (including phenoxy) is 1. The molecule has 0 spiro atoms. The molecule has 0 fully saturated rings. The van der Waals surface area contributed by atoms with Gasteiger partial charge in [-0.2, -0.15) is 0 Å². The molecule has 114 valence electrons. The van der Waals surface area contributed by atoms with Gasteiger partial charge in [-0.25, -0.2) is 0 Å². The zero-order chi connectivity index (χ0) is 15.4. The summed E-state index contributed by atoms with van der Waals surface area (Å²) < 4.78 is 5.23. The van der Waals surface area contributed by atoms with Crippen LogP contribution in [-0.4, -0.2) is 7.11 Å². The monoisotopic (exact) mass is 328 g/mol. The molecule has 3 heteroatoms. The Morgan fingerprint density at radius 1 is 0.955 bits per heavy atom. The molecule has 0 bridgehead atoms. The summed E-state index contributed by atoms with van der Waals surface area (Å²) in [7, 11) is 1.70. The van der Waals surface area contributed by atoms with Gasteiger partial charge in [0.2, 0.25) is 0 Å². The Labute approximate surface area is 140 Å². The molecular formula is C19H20OS2. The average Bonchev–Trinajstić information content (AvgIpc) is 3.21. The fourth-order valence-corrected chi connectivity index (χ4v) is 4.62. The highest BCUT2D eigenvalue weighted by Crippen LogP contribution is 2.39. The van der Waals surface area contributed by atoms with Crippen molar-refractivity contribution in [2.75, 3.05) is 7.11 Å². The maximum absolute atomic E-state index is 5.23. The second-order valence-electron chi connectivity index (χ2n) is 5.27. The van der Waals surface area contributed by atoms with Crippen LogP contribution in [0, 0.1) is 0 Å². The molecule has 2 heterocycles. The van der Waals surface area contributed by atoms with Gasteiger partial charge in [0.1, 0.15) is 5.75 Å². The number of unbranched alkanes of at least 4 members (excludes halogenated alkanes) is 1. The third-order valence-electron chi connectivity index (χ3n) is 3.75. The van der Waals surface area contributed by atoms with Gasteiger partial charge in [-0.15, -0.1) is 22.7 Å². The SMILES string of the molecule is CCCCc1ccsc1-c1ccc(-c2ccc(OC)cc2)s1. The smallest absolute Gasteiger partial charge is 0.118 e. The van der Waals surface area contributed by atoms with E-state index in [0.717, 1.165) is 5.75 Å². The predicted molar refractivity (Wildman–Crippen MR) is 98.2 cm³/mol. The molecule has 0 N–H and O–H groups in total. The summed E-state index contributed by atoms with van der Waals surface area (Å²) in [5.74, 6) is 0.903. The van der Waals surface area contributed by atoms with E-state index in [0.29, 0.717) is 0 Å². The van der Waals surface area contributed by atoms with Gasteiger partial charge >= 0.3 is 0 Å². The minimum atomic E-state index is 0.903. The second-order valence-corrected chi connectivity index (χ2v) is 7.27. The highest BCUT2D eigenvalue weighted by molar-refractivity contribution is 7.23. The maximum Gasteiger partial charge on any atom is 0.118 e. The van der Waals surface area contributed by atoms with Crippen molar-refractivity contribution in [3.05, 3.63) is 53.4 Å². The highest BCUT2D eigenvalue weighted by atomic mass is 32.1. The predicted octanol–water partition coefficient (Wildman–Crippen LogP) is 6.49. The lowest BCUT2D eigenvalue weighted by molar-refractivity contribution is 0.415. The van der Waals surface area contributed by atoms with Gasteiger partial charge in [0.05, 0.1) is 7.11 Å². The lowest BCUT2D eigenvalue weighted by Crippen LogP contribution is -1.82. The minimum Gasteiger partial charge on any atom is -0.497 e. The van der Waals surface area contributed by atoms with Crippen LogP contribution in [0.25, 0.3) is 20.2 Å². The zero-order valence-electron chi connectivity index (χ0n) is 13.0. The molecule has 22 heavy (non-hydrogen) atoms. The first-order valence-electron chi connectivity index (χ1n) is 7.63. The molecule has 0 amide bonds. The molecule has 3 aromatic rings. The van der Waals surface area contributed by atoms with Gasteiger partial charge in [-0.3, -0.25) is 0 Å². The largest absolute Gasteiger partial charge is 0.497 e. The summed E-state index contributed by atoms with van der Waals surface area (Å²) in [4.78, 5) is 4.14. The summed E-state index contributed by atoms with van der Waals surface area (Å²) in [6, 6.07) is 15.1. The van der Waals surface area contributed by atoms with Crippen LogP contribution >= 0.6 is 22.7 Å². The molecule has 3 rings (SSSR count). The molecule has 0 aliphatic heterocycles. The summed E-state index contributed by atoms with van der Waals surface area (Å²) in [6.45, 7) is 2.25. The molecule has 0 radical (unpaired) electrons. The highest BCUT2D eigenvalue weighted by Gasteiger charge is 2.10. The van der Waals surface area contributed by atoms with Crippen LogP contribution < -0.4 is 4.74 Å². The lowest BCUT2D eigenvalue weighted by atomic mass is 10.1. The Balaban J connectivity index is 1.85. The van der Waals surface area contributed by atoms with Gasteiger partial charge in [-0.05, 0) is 71.8 Å². The molecule has 0 saturated carbocycles. The first-order valence-corrected chi connectivity index (χ1v) is 9.32. The molecule has 0 atom stereocenters. The van der Waals surface area contributed by atoms with Crippen LogP contribution in [0.5, 0.6) is 5.75 Å². The quantitative estimate of drug-likeness (QED) is 0.502. The standard InChI is InChI=1S/C19H20OS2/c1-3-4-5-15-12-13-21-19(15)18-11-10-17(22-18)14-6-8-16(20-2)9-7-14/h6-13H,3-5H2,1-2H3. The van der Waals surface area contributed by atoms with Crippen molar-refractivity contribution in [3.8, 4) is 25.9 Å². The summed E-state index contributed by atoms with van der Waals surface area (Å²) in [5.41, 5.74) is 2.75. The van der Waals surface area contributed by atoms with Crippen LogP contribution in [0.4, 0.5) is 0 Å². The molecule has 0 saturated heterocycles. The van der Waals surface area contributed by atoms with E-state index in [2.05, 4.69) is 42.6 Å². The Kier molecular flexibility index (Phi) is 4.96. The van der Waals surface area contributed by atoms with Crippen LogP contribution in [0.2, 0.25) is 0 Å². The lowest BCUT2D eigenvalue weighted by Gasteiger charge is -2.02. The summed E-state index contributed by atoms with van der Waals surface area (Å²) in [5, 5.41) is 2.22. The van der Waals surface area contributed by atoms with E-state index in [1.54, 1.807) is 7.11 Å². The number of methoxy groups -OCH3 is 1. The Bertz CT molecular complexity index is 722. The Hall–Kier alpha value is -1.58. The van der Waals surface area contributed by atoms with E-state index >= 15 is 0 Å². The fourth-order valence-electron chi connectivity index (χ4n) is 2.49. The molecule has 0 aliphatic carbocycles. The number of thiophene rings is 2. The van der Waals surface area contributed by atoms with Gasteiger partial charge in [0.25, 0.3) is 0 Å². The fraction of sp³-hybridized carbons (Fsp3) is 0.263. The topological polar surface area (TPSA) is 9.23 Å². The Morgan fingerprint density at radius 3 is 2.45 bits per heavy atom. The number of hydrogen-bond donors (Lipinski definition) is 0. The van der Waals surface area contributed by atoms with E-state index in [1.807, 2.05) is 34.8 Å². The van der Waals surface area contributed by atoms with Gasteiger partial charge < -0.3 is 4.74 Å². The van der Waals surface area contributed by atoms with Crippen molar-refractivity contribution in [2.45, 2.75) is 26.2 Å². The van der Waals surface area contributed by atoms with Crippen molar-refractivity contribution >= 4 is 22.7 Å². The molecule has 2 aromatic heterocycles. The van der Waals surface area contributed by atoms with E-state index < -0.39 is 0 Å². The third-order valence-corrected chi connectivity index (χ3v) is 6.02. The van der Waals surface area contributed by atoms with Crippen molar-refractivity contribution in [2.24, 2.45) is 0 Å². The van der Waals surface area contributed by atoms with Crippen LogP contribution in [0.1, 0.15) is 25.3 Å². The van der Waals surface area contributed by atoms with Crippen molar-refractivity contribution in [1.29, 1.82) is 0 Å². The molecular weight excluding hydrogens is 308 g/mol. The second kappa shape index (κ2) is 7.12. The van der Waals surface area contributed by atoms with Gasteiger partial charge in [0.15, 0.2) is 0 Å². The first-order chi connectivity index (χ1) is 10.8. The van der Waals surface area contributed by atoms with E-state index in [4.69, 9.17) is 4.74 Å². The number of rotatable bonds is 6. The van der Waals surface area contributed by atoms with E-state index in [9.17, 15) is 0 Å². The van der Waals surface area contributed by atoms with Crippen molar-refractivity contribution in [3.63, 3.8) is 0 Å². The minimum absolute atomic E-state index is 0.903. The average molecular weight is 329 g/mol. The van der Waals surface area contributed by atoms with Crippen molar-refractivity contribution in [1.82, 2.24) is 0 Å². The number of benzene rings is 1. The van der Waals surface area contributed by atoms with Crippen LogP contribution in [0.3, 0.4) is 0 Å². The van der Waals surface area contributed by atoms with E-state index in [-0.39, 0.29) is 0 Å². The van der Waals surface area contributed by atoms with Crippen LogP contribution in [-0.2, 0) is 6.42 Å². The van der Waals surface area contributed by atoms with E-state index in [1.165, 1.54) is 45.0 Å². The van der Waals surface area contributed by atoms with Crippen molar-refractivity contribution < 1.29 is 4.74 Å². The number of hydrogen-bond acceptors (Lipinski definition) is 3. The maximum atomic E-state index is 5.23. The molecule has 1 aromatic carbocycles. The van der Waals surface area contributed by atoms with Gasteiger partial charge in [-0.1, -0.05) is 13.3 Å². The Morgan fingerprint density at radius 2 is 1.73 bits per heavy atom. The first kappa shape index (κ1) is 15.3.